The Hall–Kier alpha value is -3.00. The molecule has 4 heterocycles. The van der Waals surface area contributed by atoms with E-state index >= 15 is 4.39 Å². The molecule has 174 valence electrons. The molecule has 0 unspecified atom stereocenters. The van der Waals surface area contributed by atoms with Gasteiger partial charge in [0.25, 0.3) is 0 Å². The molecule has 0 amide bonds. The molecule has 2 bridgehead atoms. The summed E-state index contributed by atoms with van der Waals surface area (Å²) in [4.78, 5) is 11.0. The van der Waals surface area contributed by atoms with Crippen molar-refractivity contribution in [3.05, 3.63) is 42.4 Å². The van der Waals surface area contributed by atoms with Crippen LogP contribution in [-0.4, -0.2) is 55.6 Å². The van der Waals surface area contributed by atoms with Crippen LogP contribution >= 0.6 is 0 Å². The van der Waals surface area contributed by atoms with Crippen LogP contribution in [0.25, 0.3) is 22.5 Å². The van der Waals surface area contributed by atoms with Crippen LogP contribution in [0.5, 0.6) is 5.75 Å². The van der Waals surface area contributed by atoms with Gasteiger partial charge in [-0.15, -0.1) is 0 Å². The molecule has 2 aliphatic rings. The van der Waals surface area contributed by atoms with Gasteiger partial charge in [-0.2, -0.15) is 5.10 Å². The van der Waals surface area contributed by atoms with Crippen LogP contribution in [0.15, 0.2) is 36.7 Å². The van der Waals surface area contributed by atoms with E-state index in [2.05, 4.69) is 32.4 Å². The average Bonchev–Trinajstić information content (AvgIpc) is 3.22. The van der Waals surface area contributed by atoms with Gasteiger partial charge in [0.1, 0.15) is 17.7 Å². The molecule has 0 saturated carbocycles. The van der Waals surface area contributed by atoms with Crippen molar-refractivity contribution in [1.29, 1.82) is 0 Å². The highest BCUT2D eigenvalue weighted by molar-refractivity contribution is 5.73. The van der Waals surface area contributed by atoms with Crippen molar-refractivity contribution in [3.63, 3.8) is 0 Å². The van der Waals surface area contributed by atoms with Gasteiger partial charge in [0.2, 0.25) is 0 Å². The van der Waals surface area contributed by atoms with Crippen molar-refractivity contribution in [3.8, 4) is 28.3 Å². The summed E-state index contributed by atoms with van der Waals surface area (Å²) in [6, 6.07) is 7.04. The second-order valence-corrected chi connectivity index (χ2v) is 10.2. The highest BCUT2D eigenvalue weighted by Crippen LogP contribution is 2.43. The second-order valence-electron chi connectivity index (χ2n) is 10.2. The van der Waals surface area contributed by atoms with Crippen LogP contribution in [0.2, 0.25) is 0 Å². The number of aromatic hydroxyl groups is 1. The number of benzene rings is 1. The molecular weight excluding hydrogens is 419 g/mol. The number of rotatable bonds is 4. The fraction of sp³-hybridized carbons (Fsp3) is 0.480. The number of phenolic OH excluding ortho intramolecular Hbond substituents is 1. The quantitative estimate of drug-likeness (QED) is 0.546. The van der Waals surface area contributed by atoms with E-state index in [0.29, 0.717) is 17.1 Å². The number of aromatic nitrogens is 4. The molecule has 0 radical (unpaired) electrons. The minimum atomic E-state index is -1.00. The molecule has 0 aliphatic carbocycles. The summed E-state index contributed by atoms with van der Waals surface area (Å²) in [5.41, 5.74) is 3.11. The first-order valence-electron chi connectivity index (χ1n) is 11.5. The van der Waals surface area contributed by atoms with Crippen LogP contribution in [0, 0.1) is 6.92 Å². The molecule has 7 nitrogen and oxygen atoms in total. The lowest BCUT2D eigenvalue weighted by Crippen LogP contribution is -2.72. The van der Waals surface area contributed by atoms with Crippen molar-refractivity contribution in [2.24, 2.45) is 0 Å². The lowest BCUT2D eigenvalue weighted by molar-refractivity contribution is 0.00197. The Morgan fingerprint density at radius 1 is 1.12 bits per heavy atom. The molecule has 3 aromatic rings. The molecule has 5 rings (SSSR count). The molecular formula is C25H31FN6O. The van der Waals surface area contributed by atoms with Gasteiger partial charge in [0, 0.05) is 34.9 Å². The standard InChI is InChI=1S/C25H31FN6O/c1-15-10-18(30-29-15)16-6-7-17(21(33)11-16)19-13-28-22(14-27-19)32(4)20-12-24(2)8-5-9-25(3,31-24)23(20)26/h6-7,10-11,13-14,20,23,31,33H,5,8-9,12H2,1-4H3,(H,29,30)/t20-,23-,24-,25+/m0/s1. The summed E-state index contributed by atoms with van der Waals surface area (Å²) in [6.07, 6.45) is 5.96. The van der Waals surface area contributed by atoms with Crippen LogP contribution < -0.4 is 10.2 Å². The van der Waals surface area contributed by atoms with Crippen LogP contribution in [0.3, 0.4) is 0 Å². The molecule has 2 aromatic heterocycles. The zero-order valence-electron chi connectivity index (χ0n) is 19.6. The Labute approximate surface area is 193 Å². The third-order valence-corrected chi connectivity index (χ3v) is 7.39. The third kappa shape index (κ3) is 3.86. The summed E-state index contributed by atoms with van der Waals surface area (Å²) >= 11 is 0. The zero-order valence-corrected chi connectivity index (χ0v) is 19.6. The number of nitrogens with one attached hydrogen (secondary N) is 2. The normalized spacial score (nSPS) is 29.1. The molecule has 2 fully saturated rings. The van der Waals surface area contributed by atoms with Crippen LogP contribution in [0.4, 0.5) is 10.2 Å². The van der Waals surface area contributed by atoms with Gasteiger partial charge >= 0.3 is 0 Å². The summed E-state index contributed by atoms with van der Waals surface area (Å²) < 4.78 is 15.6. The lowest BCUT2D eigenvalue weighted by atomic mass is 9.68. The van der Waals surface area contributed by atoms with E-state index in [9.17, 15) is 5.11 Å². The van der Waals surface area contributed by atoms with E-state index < -0.39 is 11.7 Å². The highest BCUT2D eigenvalue weighted by Gasteiger charge is 2.53. The first kappa shape index (κ1) is 21.8. The van der Waals surface area contributed by atoms with Gasteiger partial charge in [-0.25, -0.2) is 9.37 Å². The number of H-pyrrole nitrogens is 1. The Kier molecular flexibility index (Phi) is 5.16. The van der Waals surface area contributed by atoms with E-state index in [-0.39, 0.29) is 17.3 Å². The molecule has 33 heavy (non-hydrogen) atoms. The van der Waals surface area contributed by atoms with Crippen LogP contribution in [-0.2, 0) is 0 Å². The van der Waals surface area contributed by atoms with Crippen molar-refractivity contribution >= 4 is 5.82 Å². The Bertz CT molecular complexity index is 1160. The maximum absolute atomic E-state index is 15.6. The average molecular weight is 451 g/mol. The largest absolute Gasteiger partial charge is 0.507 e. The predicted octanol–water partition coefficient (Wildman–Crippen LogP) is 4.39. The molecule has 4 atom stereocenters. The lowest BCUT2D eigenvalue weighted by Gasteiger charge is -2.56. The third-order valence-electron chi connectivity index (χ3n) is 7.39. The number of nitrogens with zero attached hydrogens (tertiary/aromatic N) is 4. The number of hydrogen-bond donors (Lipinski definition) is 3. The molecule has 2 aliphatic heterocycles. The number of aromatic amines is 1. The van der Waals surface area contributed by atoms with Gasteiger partial charge in [0.05, 0.1) is 29.8 Å². The Morgan fingerprint density at radius 2 is 1.94 bits per heavy atom. The number of anilines is 1. The molecule has 1 aromatic carbocycles. The van der Waals surface area contributed by atoms with Gasteiger partial charge in [0.15, 0.2) is 0 Å². The van der Waals surface area contributed by atoms with E-state index in [1.807, 2.05) is 44.0 Å². The van der Waals surface area contributed by atoms with E-state index in [0.717, 1.165) is 42.6 Å². The number of hydrogen-bond acceptors (Lipinski definition) is 6. The number of piperidine rings is 2. The van der Waals surface area contributed by atoms with Crippen molar-refractivity contribution in [2.75, 3.05) is 11.9 Å². The maximum Gasteiger partial charge on any atom is 0.147 e. The van der Waals surface area contributed by atoms with Crippen LogP contribution in [0.1, 0.15) is 45.2 Å². The molecule has 0 spiro atoms. The van der Waals surface area contributed by atoms with Crippen molar-refractivity contribution in [2.45, 2.75) is 69.7 Å². The minimum absolute atomic E-state index is 0.0672. The zero-order chi connectivity index (χ0) is 23.4. The summed E-state index contributed by atoms with van der Waals surface area (Å²) in [7, 11) is 1.90. The fourth-order valence-electron chi connectivity index (χ4n) is 5.63. The van der Waals surface area contributed by atoms with E-state index in [1.54, 1.807) is 18.5 Å². The molecule has 2 saturated heterocycles. The predicted molar refractivity (Wildman–Crippen MR) is 127 cm³/mol. The van der Waals surface area contributed by atoms with E-state index in [1.165, 1.54) is 0 Å². The van der Waals surface area contributed by atoms with Gasteiger partial charge in [-0.3, -0.25) is 10.1 Å². The Morgan fingerprint density at radius 3 is 2.61 bits per heavy atom. The SMILES string of the molecule is Cc1cc(-c2ccc(-c3cnc(N(C)[C@H]4C[C@]5(C)CCC[C@@](C)(N5)[C@H]4F)cn3)c(O)c2)n[nH]1. The summed E-state index contributed by atoms with van der Waals surface area (Å²) in [6.45, 7) is 6.13. The first-order chi connectivity index (χ1) is 15.7. The highest BCUT2D eigenvalue weighted by atomic mass is 19.1. The minimum Gasteiger partial charge on any atom is -0.507 e. The topological polar surface area (TPSA) is 90.0 Å². The van der Waals surface area contributed by atoms with Crippen molar-refractivity contribution in [1.82, 2.24) is 25.5 Å². The number of phenols is 1. The Balaban J connectivity index is 1.37. The summed E-state index contributed by atoms with van der Waals surface area (Å²) in [5, 5.41) is 21.3. The number of alkyl halides is 1. The van der Waals surface area contributed by atoms with E-state index in [4.69, 9.17) is 0 Å². The first-order valence-corrected chi connectivity index (χ1v) is 11.5. The van der Waals surface area contributed by atoms with Gasteiger partial charge in [-0.05, 0) is 64.7 Å². The molecule has 3 N–H and O–H groups in total. The number of fused-ring (bicyclic) bond motifs is 2. The monoisotopic (exact) mass is 450 g/mol. The number of aryl methyl sites for hydroxylation is 1. The maximum atomic E-state index is 15.6. The number of halogens is 1. The second kappa shape index (κ2) is 7.80. The fourth-order valence-corrected chi connectivity index (χ4v) is 5.63. The van der Waals surface area contributed by atoms with Gasteiger partial charge in [-0.1, -0.05) is 6.07 Å². The molecule has 8 heteroatoms. The smallest absolute Gasteiger partial charge is 0.147 e. The summed E-state index contributed by atoms with van der Waals surface area (Å²) in [5.74, 6) is 0.737. The van der Waals surface area contributed by atoms with Crippen molar-refractivity contribution < 1.29 is 9.50 Å². The van der Waals surface area contributed by atoms with Gasteiger partial charge < -0.3 is 15.3 Å².